The number of rotatable bonds is 6. The zero-order valence-corrected chi connectivity index (χ0v) is 17.0. The van der Waals surface area contributed by atoms with Gasteiger partial charge in [-0.1, -0.05) is 18.2 Å². The van der Waals surface area contributed by atoms with Crippen LogP contribution in [0.25, 0.3) is 10.8 Å². The first-order valence-corrected chi connectivity index (χ1v) is 10.4. The Morgan fingerprint density at radius 3 is 2.76 bits per heavy atom. The van der Waals surface area contributed by atoms with Gasteiger partial charge in [-0.15, -0.1) is 11.3 Å². The molecule has 0 radical (unpaired) electrons. The summed E-state index contributed by atoms with van der Waals surface area (Å²) in [6.45, 7) is 1.96. The van der Waals surface area contributed by atoms with Crippen molar-refractivity contribution in [2.24, 2.45) is 4.99 Å². The van der Waals surface area contributed by atoms with Crippen molar-refractivity contribution in [1.29, 1.82) is 0 Å². The summed E-state index contributed by atoms with van der Waals surface area (Å²) in [5.74, 6) is 1.52. The molecular formula is C21H23N5O2S. The summed E-state index contributed by atoms with van der Waals surface area (Å²) in [6, 6.07) is 12.0. The van der Waals surface area contributed by atoms with E-state index in [1.807, 2.05) is 46.7 Å². The molecule has 1 saturated heterocycles. The minimum atomic E-state index is 0.204. The highest BCUT2D eigenvalue weighted by Gasteiger charge is 2.21. The van der Waals surface area contributed by atoms with Crippen molar-refractivity contribution in [2.45, 2.75) is 25.9 Å². The fraction of sp³-hybridized carbons (Fsp3) is 0.286. The van der Waals surface area contributed by atoms with E-state index in [0.29, 0.717) is 31.4 Å². The van der Waals surface area contributed by atoms with Gasteiger partial charge < -0.3 is 20.0 Å². The van der Waals surface area contributed by atoms with Crippen LogP contribution in [-0.2, 0) is 17.9 Å². The summed E-state index contributed by atoms with van der Waals surface area (Å²) in [4.78, 5) is 23.5. The molecule has 0 unspecified atom stereocenters. The molecule has 1 fully saturated rings. The van der Waals surface area contributed by atoms with Crippen LogP contribution in [0.2, 0.25) is 0 Å². The number of hydrogen-bond donors (Lipinski definition) is 2. The number of carbonyl (C=O) groups is 1. The maximum Gasteiger partial charge on any atom is 0.236 e. The molecule has 150 valence electrons. The lowest BCUT2D eigenvalue weighted by molar-refractivity contribution is -0.117. The van der Waals surface area contributed by atoms with Crippen molar-refractivity contribution in [3.8, 4) is 10.8 Å². The lowest BCUT2D eigenvalue weighted by Gasteiger charge is -2.16. The van der Waals surface area contributed by atoms with Gasteiger partial charge in [0, 0.05) is 32.2 Å². The van der Waals surface area contributed by atoms with Gasteiger partial charge in [0.25, 0.3) is 0 Å². The molecule has 1 aliphatic rings. The van der Waals surface area contributed by atoms with Gasteiger partial charge in [-0.25, -0.2) is 4.98 Å². The second kappa shape index (κ2) is 8.91. The predicted octanol–water partition coefficient (Wildman–Crippen LogP) is 3.40. The number of benzene rings is 1. The molecule has 0 atom stereocenters. The second-order valence-corrected chi connectivity index (χ2v) is 7.66. The number of thiophene rings is 1. The summed E-state index contributed by atoms with van der Waals surface area (Å²) in [7, 11) is 1.73. The molecule has 0 spiro atoms. The summed E-state index contributed by atoms with van der Waals surface area (Å²) in [5, 5.41) is 8.53. The monoisotopic (exact) mass is 409 g/mol. The molecule has 1 aromatic carbocycles. The summed E-state index contributed by atoms with van der Waals surface area (Å²) >= 11 is 1.60. The number of aromatic nitrogens is 1. The molecule has 2 aromatic heterocycles. The molecule has 8 heteroatoms. The molecule has 0 bridgehead atoms. The molecule has 4 rings (SSSR count). The Kier molecular flexibility index (Phi) is 5.90. The smallest absolute Gasteiger partial charge is 0.236 e. The van der Waals surface area contributed by atoms with E-state index in [2.05, 4.69) is 20.6 Å². The number of hydrogen-bond acceptors (Lipinski definition) is 5. The Bertz CT molecular complexity index is 979. The Balaban J connectivity index is 1.28. The minimum absolute atomic E-state index is 0.204. The quantitative estimate of drug-likeness (QED) is 0.482. The van der Waals surface area contributed by atoms with Crippen molar-refractivity contribution < 1.29 is 9.21 Å². The molecule has 1 amide bonds. The zero-order chi connectivity index (χ0) is 20.1. The number of amides is 1. The molecule has 2 N–H and O–H groups in total. The van der Waals surface area contributed by atoms with E-state index in [1.54, 1.807) is 24.6 Å². The first-order valence-electron chi connectivity index (χ1n) is 9.55. The fourth-order valence-electron chi connectivity index (χ4n) is 3.20. The van der Waals surface area contributed by atoms with Crippen LogP contribution in [0.15, 0.2) is 57.5 Å². The van der Waals surface area contributed by atoms with Gasteiger partial charge >= 0.3 is 0 Å². The van der Waals surface area contributed by atoms with Gasteiger partial charge in [-0.2, -0.15) is 0 Å². The molecular weight excluding hydrogens is 386 g/mol. The van der Waals surface area contributed by atoms with E-state index >= 15 is 0 Å². The van der Waals surface area contributed by atoms with Gasteiger partial charge in [-0.05, 0) is 35.6 Å². The zero-order valence-electron chi connectivity index (χ0n) is 16.2. The van der Waals surface area contributed by atoms with Gasteiger partial charge in [0.05, 0.1) is 17.1 Å². The van der Waals surface area contributed by atoms with Crippen LogP contribution < -0.4 is 15.5 Å². The van der Waals surface area contributed by atoms with Gasteiger partial charge in [0.2, 0.25) is 11.8 Å². The number of anilines is 1. The molecule has 3 heterocycles. The maximum atomic E-state index is 11.8. The average molecular weight is 410 g/mol. The van der Waals surface area contributed by atoms with Crippen molar-refractivity contribution >= 4 is 28.9 Å². The first kappa shape index (κ1) is 19.2. The predicted molar refractivity (Wildman–Crippen MR) is 115 cm³/mol. The third-order valence-corrected chi connectivity index (χ3v) is 5.58. The molecule has 1 aliphatic heterocycles. The Hall–Kier alpha value is -3.13. The first-order chi connectivity index (χ1) is 14.2. The third-order valence-electron chi connectivity index (χ3n) is 4.73. The van der Waals surface area contributed by atoms with Crippen molar-refractivity contribution in [3.05, 3.63) is 59.3 Å². The summed E-state index contributed by atoms with van der Waals surface area (Å²) in [6.07, 6.45) is 3.24. The van der Waals surface area contributed by atoms with Crippen LogP contribution in [0.5, 0.6) is 0 Å². The van der Waals surface area contributed by atoms with E-state index in [4.69, 9.17) is 4.42 Å². The number of nitrogens with one attached hydrogen (secondary N) is 2. The number of oxazole rings is 1. The highest BCUT2D eigenvalue weighted by atomic mass is 32.1. The highest BCUT2D eigenvalue weighted by molar-refractivity contribution is 7.13. The minimum Gasteiger partial charge on any atom is -0.443 e. The second-order valence-electron chi connectivity index (χ2n) is 6.72. The third kappa shape index (κ3) is 4.65. The molecule has 7 nitrogen and oxygen atoms in total. The number of aliphatic imine (C=N–C) groups is 1. The van der Waals surface area contributed by atoms with Gasteiger partial charge in [0.1, 0.15) is 6.26 Å². The highest BCUT2D eigenvalue weighted by Crippen LogP contribution is 2.23. The van der Waals surface area contributed by atoms with E-state index in [1.165, 1.54) is 0 Å². The fourth-order valence-corrected chi connectivity index (χ4v) is 3.85. The van der Waals surface area contributed by atoms with Crippen LogP contribution in [0, 0.1) is 0 Å². The summed E-state index contributed by atoms with van der Waals surface area (Å²) in [5.41, 5.74) is 2.90. The standard InChI is InChI=1S/C21H23N5O2S/c1-22-21(24-13-16-14-28-20(25-16)18-4-3-11-29-18)23-12-15-6-8-17(9-7-15)26-10-2-5-19(26)27/h3-4,6-9,11,14H,2,5,10,12-13H2,1H3,(H2,22,23,24). The lowest BCUT2D eigenvalue weighted by Crippen LogP contribution is -2.36. The van der Waals surface area contributed by atoms with Crippen LogP contribution in [0.3, 0.4) is 0 Å². The van der Waals surface area contributed by atoms with E-state index in [-0.39, 0.29) is 5.91 Å². The maximum absolute atomic E-state index is 11.8. The number of guanidine groups is 1. The van der Waals surface area contributed by atoms with E-state index in [9.17, 15) is 4.79 Å². The number of nitrogens with zero attached hydrogens (tertiary/aromatic N) is 3. The molecule has 0 aliphatic carbocycles. The van der Waals surface area contributed by atoms with Crippen molar-refractivity contribution in [3.63, 3.8) is 0 Å². The van der Waals surface area contributed by atoms with E-state index in [0.717, 1.165) is 34.8 Å². The lowest BCUT2D eigenvalue weighted by atomic mass is 10.2. The van der Waals surface area contributed by atoms with Crippen LogP contribution in [0.1, 0.15) is 24.1 Å². The SMILES string of the molecule is CN=C(NCc1ccc(N2CCCC2=O)cc1)NCc1coc(-c2cccs2)n1. The topological polar surface area (TPSA) is 82.8 Å². The van der Waals surface area contributed by atoms with Gasteiger partial charge in [-0.3, -0.25) is 9.79 Å². The van der Waals surface area contributed by atoms with Crippen molar-refractivity contribution in [2.75, 3.05) is 18.5 Å². The normalized spacial score (nSPS) is 14.4. The number of carbonyl (C=O) groups excluding carboxylic acids is 1. The van der Waals surface area contributed by atoms with Crippen molar-refractivity contribution in [1.82, 2.24) is 15.6 Å². The Morgan fingerprint density at radius 2 is 2.07 bits per heavy atom. The van der Waals surface area contributed by atoms with E-state index < -0.39 is 0 Å². The van der Waals surface area contributed by atoms with Gasteiger partial charge in [0.15, 0.2) is 5.96 Å². The summed E-state index contributed by atoms with van der Waals surface area (Å²) < 4.78 is 5.54. The largest absolute Gasteiger partial charge is 0.443 e. The molecule has 0 saturated carbocycles. The van der Waals surface area contributed by atoms with Crippen LogP contribution in [0.4, 0.5) is 5.69 Å². The Morgan fingerprint density at radius 1 is 1.24 bits per heavy atom. The Labute approximate surface area is 173 Å². The molecule has 29 heavy (non-hydrogen) atoms. The van der Waals surface area contributed by atoms with Crippen LogP contribution >= 0.6 is 11.3 Å². The van der Waals surface area contributed by atoms with Crippen LogP contribution in [-0.4, -0.2) is 30.4 Å². The average Bonchev–Trinajstić information content (AvgIpc) is 3.50. The molecule has 3 aromatic rings.